The van der Waals surface area contributed by atoms with Gasteiger partial charge >= 0.3 is 0 Å². The number of amidine groups is 1. The smallest absolute Gasteiger partial charge is 0.186 e. The standard InChI is InChI=1S/C7H12N2S/c1-5-6(2)9-7(8-3)10-4/h2-3,5H2,1,4H3/b9-7+. The minimum atomic E-state index is 0.687. The molecule has 0 unspecified atom stereocenters. The lowest BCUT2D eigenvalue weighted by molar-refractivity contribution is 1.08. The molecule has 0 bridgehead atoms. The van der Waals surface area contributed by atoms with Gasteiger partial charge in [0, 0.05) is 5.70 Å². The number of hydrogen-bond donors (Lipinski definition) is 0. The van der Waals surface area contributed by atoms with Crippen molar-refractivity contribution >= 4 is 23.6 Å². The Bertz CT molecular complexity index is 161. The van der Waals surface area contributed by atoms with Crippen molar-refractivity contribution in [3.8, 4) is 0 Å². The maximum Gasteiger partial charge on any atom is 0.186 e. The number of nitrogens with zero attached hydrogens (tertiary/aromatic N) is 2. The Hall–Kier alpha value is -0.570. The lowest BCUT2D eigenvalue weighted by Crippen LogP contribution is -1.85. The normalized spacial score (nSPS) is 11.2. The van der Waals surface area contributed by atoms with Crippen LogP contribution in [0.1, 0.15) is 13.3 Å². The Morgan fingerprint density at radius 2 is 2.20 bits per heavy atom. The third-order valence-corrected chi connectivity index (χ3v) is 1.57. The van der Waals surface area contributed by atoms with Gasteiger partial charge in [-0.25, -0.2) is 9.98 Å². The molecule has 2 nitrogen and oxygen atoms in total. The van der Waals surface area contributed by atoms with Crippen LogP contribution < -0.4 is 0 Å². The van der Waals surface area contributed by atoms with E-state index in [9.17, 15) is 0 Å². The van der Waals surface area contributed by atoms with Crippen molar-refractivity contribution in [3.05, 3.63) is 12.3 Å². The second-order valence-electron chi connectivity index (χ2n) is 1.68. The van der Waals surface area contributed by atoms with Gasteiger partial charge in [0.1, 0.15) is 0 Å². The second kappa shape index (κ2) is 5.23. The SMILES string of the molecule is C=N/C(=N\C(=C)CC)SC. The third kappa shape index (κ3) is 3.45. The minimum absolute atomic E-state index is 0.687. The van der Waals surface area contributed by atoms with Crippen LogP contribution in [0.4, 0.5) is 0 Å². The summed E-state index contributed by atoms with van der Waals surface area (Å²) in [5, 5.41) is 0.687. The van der Waals surface area contributed by atoms with E-state index in [0.29, 0.717) is 5.17 Å². The quantitative estimate of drug-likeness (QED) is 0.445. The highest BCUT2D eigenvalue weighted by atomic mass is 32.2. The van der Waals surface area contributed by atoms with Crippen molar-refractivity contribution in [1.82, 2.24) is 0 Å². The van der Waals surface area contributed by atoms with E-state index in [-0.39, 0.29) is 0 Å². The molecule has 0 atom stereocenters. The molecule has 0 amide bonds. The average Bonchev–Trinajstić information content (AvgIpc) is 1.99. The first-order valence-electron chi connectivity index (χ1n) is 3.01. The average molecular weight is 156 g/mol. The van der Waals surface area contributed by atoms with E-state index >= 15 is 0 Å². The zero-order valence-electron chi connectivity index (χ0n) is 6.42. The molecule has 0 fully saturated rings. The maximum absolute atomic E-state index is 4.09. The van der Waals surface area contributed by atoms with Crippen molar-refractivity contribution in [2.75, 3.05) is 6.26 Å². The Balaban J connectivity index is 4.09. The largest absolute Gasteiger partial charge is 0.239 e. The molecule has 0 aromatic heterocycles. The van der Waals surface area contributed by atoms with E-state index in [1.54, 1.807) is 0 Å². The number of rotatable bonds is 2. The molecule has 0 aliphatic carbocycles. The van der Waals surface area contributed by atoms with E-state index in [4.69, 9.17) is 0 Å². The zero-order chi connectivity index (χ0) is 7.98. The molecule has 0 saturated heterocycles. The number of hydrogen-bond acceptors (Lipinski definition) is 2. The fraction of sp³-hybridized carbons (Fsp3) is 0.429. The first-order valence-corrected chi connectivity index (χ1v) is 4.24. The first kappa shape index (κ1) is 9.43. The molecule has 0 aromatic carbocycles. The molecule has 56 valence electrons. The molecule has 0 radical (unpaired) electrons. The van der Waals surface area contributed by atoms with Crippen molar-refractivity contribution in [2.24, 2.45) is 9.98 Å². The van der Waals surface area contributed by atoms with E-state index in [1.807, 2.05) is 13.2 Å². The molecule has 0 heterocycles. The first-order chi connectivity index (χ1) is 4.74. The van der Waals surface area contributed by atoms with Crippen LogP contribution in [0.25, 0.3) is 0 Å². The van der Waals surface area contributed by atoms with Crippen LogP contribution >= 0.6 is 11.8 Å². The number of thioether (sulfide) groups is 1. The fourth-order valence-corrected chi connectivity index (χ4v) is 0.709. The van der Waals surface area contributed by atoms with Crippen LogP contribution in [-0.2, 0) is 0 Å². The van der Waals surface area contributed by atoms with Crippen molar-refractivity contribution in [3.63, 3.8) is 0 Å². The lowest BCUT2D eigenvalue weighted by atomic mass is 10.4. The van der Waals surface area contributed by atoms with Crippen LogP contribution in [0.2, 0.25) is 0 Å². The van der Waals surface area contributed by atoms with Gasteiger partial charge in [0.2, 0.25) is 0 Å². The predicted octanol–water partition coefficient (Wildman–Crippen LogP) is 2.33. The molecule has 3 heteroatoms. The highest BCUT2D eigenvalue weighted by Crippen LogP contribution is 2.05. The molecule has 0 N–H and O–H groups in total. The zero-order valence-corrected chi connectivity index (χ0v) is 7.24. The van der Waals surface area contributed by atoms with Gasteiger partial charge in [-0.15, -0.1) is 0 Å². The van der Waals surface area contributed by atoms with E-state index < -0.39 is 0 Å². The van der Waals surface area contributed by atoms with E-state index in [0.717, 1.165) is 12.1 Å². The van der Waals surface area contributed by atoms with Crippen LogP contribution in [0, 0.1) is 0 Å². The predicted molar refractivity (Wildman–Crippen MR) is 49.9 cm³/mol. The van der Waals surface area contributed by atoms with Gasteiger partial charge in [-0.2, -0.15) is 0 Å². The highest BCUT2D eigenvalue weighted by molar-refractivity contribution is 8.13. The number of allylic oxidation sites excluding steroid dienone is 1. The molecule has 0 aliphatic rings. The van der Waals surface area contributed by atoms with Gasteiger partial charge in [-0.3, -0.25) is 0 Å². The molecular weight excluding hydrogens is 144 g/mol. The Morgan fingerprint density at radius 3 is 2.50 bits per heavy atom. The summed E-state index contributed by atoms with van der Waals surface area (Å²) in [7, 11) is 0. The van der Waals surface area contributed by atoms with Gasteiger partial charge in [-0.05, 0) is 19.4 Å². The molecule has 0 spiro atoms. The Labute approximate surface area is 66.2 Å². The molecule has 0 aliphatic heterocycles. The van der Waals surface area contributed by atoms with Gasteiger partial charge < -0.3 is 0 Å². The summed E-state index contributed by atoms with van der Waals surface area (Å²) < 4.78 is 0. The minimum Gasteiger partial charge on any atom is -0.239 e. The van der Waals surface area contributed by atoms with Gasteiger partial charge in [-0.1, -0.05) is 25.3 Å². The summed E-state index contributed by atoms with van der Waals surface area (Å²) in [6.07, 6.45) is 2.77. The molecule has 10 heavy (non-hydrogen) atoms. The fourth-order valence-electron chi connectivity index (χ4n) is 0.360. The van der Waals surface area contributed by atoms with Crippen molar-refractivity contribution < 1.29 is 0 Å². The van der Waals surface area contributed by atoms with E-state index in [2.05, 4.69) is 23.3 Å². The molecular formula is C7H12N2S. The Kier molecular flexibility index (Phi) is 4.94. The highest BCUT2D eigenvalue weighted by Gasteiger charge is 1.90. The number of aliphatic imine (C=N–C) groups is 2. The van der Waals surface area contributed by atoms with Crippen molar-refractivity contribution in [1.29, 1.82) is 0 Å². The molecule has 0 rings (SSSR count). The molecule has 0 saturated carbocycles. The van der Waals surface area contributed by atoms with Crippen molar-refractivity contribution in [2.45, 2.75) is 13.3 Å². The summed E-state index contributed by atoms with van der Waals surface area (Å²) in [6.45, 7) is 9.10. The monoisotopic (exact) mass is 156 g/mol. The van der Waals surface area contributed by atoms with Gasteiger partial charge in [0.05, 0.1) is 0 Å². The van der Waals surface area contributed by atoms with E-state index in [1.165, 1.54) is 11.8 Å². The topological polar surface area (TPSA) is 24.7 Å². The summed E-state index contributed by atoms with van der Waals surface area (Å²) in [6, 6.07) is 0. The maximum atomic E-state index is 4.09. The van der Waals surface area contributed by atoms with Crippen LogP contribution in [-0.4, -0.2) is 18.1 Å². The third-order valence-electron chi connectivity index (χ3n) is 0.980. The molecule has 0 aromatic rings. The summed E-state index contributed by atoms with van der Waals surface area (Å²) in [5.41, 5.74) is 0.844. The second-order valence-corrected chi connectivity index (χ2v) is 2.45. The van der Waals surface area contributed by atoms with Gasteiger partial charge in [0.25, 0.3) is 0 Å². The van der Waals surface area contributed by atoms with Gasteiger partial charge in [0.15, 0.2) is 5.17 Å². The van der Waals surface area contributed by atoms with Crippen LogP contribution in [0.3, 0.4) is 0 Å². The Morgan fingerprint density at radius 1 is 1.60 bits per heavy atom. The summed E-state index contributed by atoms with van der Waals surface area (Å²) >= 11 is 1.47. The summed E-state index contributed by atoms with van der Waals surface area (Å²) in [5.74, 6) is 0. The van der Waals surface area contributed by atoms with Crippen LogP contribution in [0.5, 0.6) is 0 Å². The van der Waals surface area contributed by atoms with Crippen LogP contribution in [0.15, 0.2) is 22.3 Å². The lowest BCUT2D eigenvalue weighted by Gasteiger charge is -1.94. The summed E-state index contributed by atoms with van der Waals surface area (Å²) in [4.78, 5) is 7.78.